The zero-order valence-corrected chi connectivity index (χ0v) is 11.6. The Kier molecular flexibility index (Phi) is 4.28. The molecule has 5 heteroatoms. The number of halogens is 1. The number of nitrogens with zero attached hydrogens (tertiary/aromatic N) is 2. The Morgan fingerprint density at radius 1 is 1.33 bits per heavy atom. The predicted molar refractivity (Wildman–Crippen MR) is 74.5 cm³/mol. The van der Waals surface area contributed by atoms with Gasteiger partial charge < -0.3 is 10.5 Å². The van der Waals surface area contributed by atoms with E-state index < -0.39 is 0 Å². The first-order valence-corrected chi connectivity index (χ1v) is 6.40. The normalized spacial score (nSPS) is 10.4. The molecule has 0 fully saturated rings. The zero-order chi connectivity index (χ0) is 13.0. The van der Waals surface area contributed by atoms with Gasteiger partial charge >= 0.3 is 0 Å². The summed E-state index contributed by atoms with van der Waals surface area (Å²) in [6.07, 6.45) is 2.41. The highest BCUT2D eigenvalue weighted by Gasteiger charge is 2.08. The molecule has 1 heterocycles. The van der Waals surface area contributed by atoms with Crippen LogP contribution in [0.15, 0.2) is 34.9 Å². The van der Waals surface area contributed by atoms with Gasteiger partial charge in [0, 0.05) is 22.7 Å². The summed E-state index contributed by atoms with van der Waals surface area (Å²) in [5.41, 5.74) is 7.29. The second-order valence-corrected chi connectivity index (χ2v) is 4.66. The SMILES string of the molecule is COc1ccc(Br)cc1-c1ccnc(CCN)n1. The minimum absolute atomic E-state index is 0.541. The van der Waals surface area contributed by atoms with Gasteiger partial charge in [-0.25, -0.2) is 9.97 Å². The predicted octanol–water partition coefficient (Wildman–Crippen LogP) is 2.42. The van der Waals surface area contributed by atoms with Gasteiger partial charge in [0.1, 0.15) is 11.6 Å². The quantitative estimate of drug-likeness (QED) is 0.942. The van der Waals surface area contributed by atoms with Crippen molar-refractivity contribution in [1.82, 2.24) is 9.97 Å². The van der Waals surface area contributed by atoms with E-state index in [1.165, 1.54) is 0 Å². The van der Waals surface area contributed by atoms with Crippen LogP contribution >= 0.6 is 15.9 Å². The Labute approximate surface area is 114 Å². The molecule has 4 nitrogen and oxygen atoms in total. The van der Waals surface area contributed by atoms with Crippen molar-refractivity contribution in [3.63, 3.8) is 0 Å². The van der Waals surface area contributed by atoms with Crippen LogP contribution in [0.5, 0.6) is 5.75 Å². The van der Waals surface area contributed by atoms with E-state index in [2.05, 4.69) is 25.9 Å². The lowest BCUT2D eigenvalue weighted by molar-refractivity contribution is 0.416. The molecule has 1 aromatic carbocycles. The average molecular weight is 308 g/mol. The average Bonchev–Trinajstić information content (AvgIpc) is 2.39. The van der Waals surface area contributed by atoms with Crippen LogP contribution < -0.4 is 10.5 Å². The molecule has 2 N–H and O–H groups in total. The van der Waals surface area contributed by atoms with Crippen molar-refractivity contribution in [3.05, 3.63) is 40.8 Å². The van der Waals surface area contributed by atoms with Gasteiger partial charge in [0.05, 0.1) is 12.8 Å². The highest BCUT2D eigenvalue weighted by atomic mass is 79.9. The number of nitrogens with two attached hydrogens (primary N) is 1. The Hall–Kier alpha value is -1.46. The lowest BCUT2D eigenvalue weighted by Crippen LogP contribution is -2.06. The molecule has 18 heavy (non-hydrogen) atoms. The highest BCUT2D eigenvalue weighted by molar-refractivity contribution is 9.10. The van der Waals surface area contributed by atoms with Gasteiger partial charge in [-0.3, -0.25) is 0 Å². The van der Waals surface area contributed by atoms with E-state index in [1.54, 1.807) is 13.3 Å². The molecule has 2 rings (SSSR count). The van der Waals surface area contributed by atoms with Crippen LogP contribution in [-0.4, -0.2) is 23.6 Å². The van der Waals surface area contributed by atoms with Crippen molar-refractivity contribution < 1.29 is 4.74 Å². The van der Waals surface area contributed by atoms with Gasteiger partial charge in [0.2, 0.25) is 0 Å². The minimum Gasteiger partial charge on any atom is -0.496 e. The largest absolute Gasteiger partial charge is 0.496 e. The Morgan fingerprint density at radius 2 is 2.17 bits per heavy atom. The van der Waals surface area contributed by atoms with Crippen molar-refractivity contribution in [2.75, 3.05) is 13.7 Å². The maximum Gasteiger partial charge on any atom is 0.130 e. The van der Waals surface area contributed by atoms with E-state index in [4.69, 9.17) is 10.5 Å². The first-order chi connectivity index (χ1) is 8.74. The molecule has 0 aliphatic rings. The third-order valence-corrected chi connectivity index (χ3v) is 3.00. The molecule has 0 saturated carbocycles. The molecule has 2 aromatic rings. The summed E-state index contributed by atoms with van der Waals surface area (Å²) >= 11 is 3.45. The van der Waals surface area contributed by atoms with Gasteiger partial charge in [-0.2, -0.15) is 0 Å². The van der Waals surface area contributed by atoms with Crippen LogP contribution in [0.1, 0.15) is 5.82 Å². The molecular formula is C13H14BrN3O. The molecule has 0 radical (unpaired) electrons. The standard InChI is InChI=1S/C13H14BrN3O/c1-18-12-3-2-9(14)8-10(12)11-5-7-16-13(17-11)4-6-15/h2-3,5,7-8H,4,6,15H2,1H3. The summed E-state index contributed by atoms with van der Waals surface area (Å²) in [6, 6.07) is 7.69. The maximum atomic E-state index is 5.52. The molecule has 0 aliphatic carbocycles. The summed E-state index contributed by atoms with van der Waals surface area (Å²) in [5, 5.41) is 0. The number of ether oxygens (including phenoxy) is 1. The van der Waals surface area contributed by atoms with Gasteiger partial charge in [-0.1, -0.05) is 15.9 Å². The summed E-state index contributed by atoms with van der Waals surface area (Å²) in [4.78, 5) is 8.68. The second-order valence-electron chi connectivity index (χ2n) is 3.74. The second kappa shape index (κ2) is 5.93. The molecular weight excluding hydrogens is 294 g/mol. The third-order valence-electron chi connectivity index (χ3n) is 2.51. The van der Waals surface area contributed by atoms with E-state index in [1.807, 2.05) is 24.3 Å². The van der Waals surface area contributed by atoms with Gasteiger partial charge in [0.15, 0.2) is 0 Å². The smallest absolute Gasteiger partial charge is 0.130 e. The Balaban J connectivity index is 2.47. The van der Waals surface area contributed by atoms with Crippen LogP contribution in [-0.2, 0) is 6.42 Å². The Bertz CT molecular complexity index is 546. The molecule has 0 bridgehead atoms. The van der Waals surface area contributed by atoms with Crippen molar-refractivity contribution in [1.29, 1.82) is 0 Å². The van der Waals surface area contributed by atoms with Crippen molar-refractivity contribution >= 4 is 15.9 Å². The van der Waals surface area contributed by atoms with Crippen LogP contribution in [0.2, 0.25) is 0 Å². The minimum atomic E-state index is 0.541. The van der Waals surface area contributed by atoms with E-state index in [9.17, 15) is 0 Å². The van der Waals surface area contributed by atoms with Crippen molar-refractivity contribution in [2.45, 2.75) is 6.42 Å². The maximum absolute atomic E-state index is 5.52. The molecule has 94 valence electrons. The van der Waals surface area contributed by atoms with Crippen LogP contribution in [0.25, 0.3) is 11.3 Å². The first kappa shape index (κ1) is 13.0. The Morgan fingerprint density at radius 3 is 2.89 bits per heavy atom. The molecule has 0 saturated heterocycles. The highest BCUT2D eigenvalue weighted by Crippen LogP contribution is 2.31. The van der Waals surface area contributed by atoms with Crippen LogP contribution in [0.4, 0.5) is 0 Å². The lowest BCUT2D eigenvalue weighted by Gasteiger charge is -2.09. The zero-order valence-electron chi connectivity index (χ0n) is 10.1. The van der Waals surface area contributed by atoms with Crippen LogP contribution in [0, 0.1) is 0 Å². The fourth-order valence-electron chi connectivity index (χ4n) is 1.68. The van der Waals surface area contributed by atoms with Crippen LogP contribution in [0.3, 0.4) is 0 Å². The third kappa shape index (κ3) is 2.86. The summed E-state index contributed by atoms with van der Waals surface area (Å²) in [7, 11) is 1.65. The van der Waals surface area contributed by atoms with Crippen molar-refractivity contribution in [3.8, 4) is 17.0 Å². The van der Waals surface area contributed by atoms with Gasteiger partial charge in [-0.15, -0.1) is 0 Å². The van der Waals surface area contributed by atoms with Gasteiger partial charge in [0.25, 0.3) is 0 Å². The number of hydrogen-bond donors (Lipinski definition) is 1. The van der Waals surface area contributed by atoms with E-state index in [0.29, 0.717) is 13.0 Å². The van der Waals surface area contributed by atoms with E-state index in [-0.39, 0.29) is 0 Å². The monoisotopic (exact) mass is 307 g/mol. The topological polar surface area (TPSA) is 61.0 Å². The number of methoxy groups -OCH3 is 1. The number of aromatic nitrogens is 2. The molecule has 0 unspecified atom stereocenters. The first-order valence-electron chi connectivity index (χ1n) is 5.60. The molecule has 0 spiro atoms. The summed E-state index contributed by atoms with van der Waals surface area (Å²) in [5.74, 6) is 1.53. The van der Waals surface area contributed by atoms with E-state index in [0.717, 1.165) is 27.3 Å². The fraction of sp³-hybridized carbons (Fsp3) is 0.231. The van der Waals surface area contributed by atoms with Gasteiger partial charge in [-0.05, 0) is 30.8 Å². The molecule has 0 amide bonds. The number of benzene rings is 1. The summed E-state index contributed by atoms with van der Waals surface area (Å²) < 4.78 is 6.33. The lowest BCUT2D eigenvalue weighted by atomic mass is 10.1. The van der Waals surface area contributed by atoms with Crippen molar-refractivity contribution in [2.24, 2.45) is 5.73 Å². The molecule has 0 atom stereocenters. The summed E-state index contributed by atoms with van der Waals surface area (Å²) in [6.45, 7) is 0.541. The number of hydrogen-bond acceptors (Lipinski definition) is 4. The van der Waals surface area contributed by atoms with E-state index >= 15 is 0 Å². The molecule has 0 aliphatic heterocycles. The fourth-order valence-corrected chi connectivity index (χ4v) is 2.04. The number of rotatable bonds is 4. The molecule has 1 aromatic heterocycles.